The van der Waals surface area contributed by atoms with Crippen LogP contribution in [-0.2, 0) is 17.8 Å². The van der Waals surface area contributed by atoms with E-state index in [1.807, 2.05) is 31.2 Å². The fourth-order valence-electron chi connectivity index (χ4n) is 2.40. The van der Waals surface area contributed by atoms with E-state index in [1.165, 1.54) is 23.5 Å². The quantitative estimate of drug-likeness (QED) is 0.585. The van der Waals surface area contributed by atoms with Gasteiger partial charge in [-0.3, -0.25) is 4.79 Å². The summed E-state index contributed by atoms with van der Waals surface area (Å²) in [6.45, 7) is -0.659. The van der Waals surface area contributed by atoms with Crippen molar-refractivity contribution in [3.05, 3.63) is 70.2 Å². The van der Waals surface area contributed by atoms with Crippen molar-refractivity contribution in [1.82, 2.24) is 4.98 Å². The van der Waals surface area contributed by atoms with Gasteiger partial charge in [0.25, 0.3) is 0 Å². The van der Waals surface area contributed by atoms with Crippen LogP contribution in [0.4, 0.5) is 14.5 Å². The van der Waals surface area contributed by atoms with Crippen molar-refractivity contribution in [3.63, 3.8) is 0 Å². The number of amides is 1. The number of anilines is 1. The Morgan fingerprint density at radius 1 is 1.18 bits per heavy atom. The van der Waals surface area contributed by atoms with E-state index in [0.717, 1.165) is 16.3 Å². The van der Waals surface area contributed by atoms with Crippen molar-refractivity contribution < 1.29 is 23.0 Å². The zero-order valence-electron chi connectivity index (χ0n) is 15.0. The molecule has 0 aliphatic carbocycles. The lowest BCUT2D eigenvalue weighted by atomic mass is 10.2. The van der Waals surface area contributed by atoms with Crippen molar-refractivity contribution in [2.45, 2.75) is 26.6 Å². The molecule has 3 aromatic rings. The Hall–Kier alpha value is -3.00. The van der Waals surface area contributed by atoms with Crippen LogP contribution >= 0.6 is 11.3 Å². The molecule has 0 saturated carbocycles. The third kappa shape index (κ3) is 5.75. The minimum atomic E-state index is -2.97. The third-order valence-corrected chi connectivity index (χ3v) is 4.57. The number of hydrogen-bond acceptors (Lipinski definition) is 5. The number of carbonyl (C=O) groups is 1. The van der Waals surface area contributed by atoms with Crippen molar-refractivity contribution in [2.75, 3.05) is 5.32 Å². The minimum absolute atomic E-state index is 0.0179. The predicted molar refractivity (Wildman–Crippen MR) is 103 cm³/mol. The summed E-state index contributed by atoms with van der Waals surface area (Å²) in [4.78, 5) is 16.6. The summed E-state index contributed by atoms with van der Waals surface area (Å²) in [6.07, 6.45) is 0.0179. The standard InChI is InChI=1S/C20H18F2N2O3S/c1-13-6-8-15(9-7-13)26-11-19-23-14(12-28-19)10-18(25)24-16-4-2-3-5-17(16)27-20(21)22/h2-9,12,20H,10-11H2,1H3,(H,24,25). The highest BCUT2D eigenvalue weighted by Gasteiger charge is 2.13. The highest BCUT2D eigenvalue weighted by atomic mass is 32.1. The molecule has 0 spiro atoms. The van der Waals surface area contributed by atoms with Gasteiger partial charge in [0.15, 0.2) is 0 Å². The van der Waals surface area contributed by atoms with E-state index in [4.69, 9.17) is 4.74 Å². The highest BCUT2D eigenvalue weighted by molar-refractivity contribution is 7.09. The first kappa shape index (κ1) is 19.8. The maximum absolute atomic E-state index is 12.4. The molecule has 1 N–H and O–H groups in total. The Morgan fingerprint density at radius 2 is 1.93 bits per heavy atom. The lowest BCUT2D eigenvalue weighted by Gasteiger charge is -2.11. The molecule has 1 amide bonds. The molecule has 1 aromatic heterocycles. The first-order valence-electron chi connectivity index (χ1n) is 8.46. The average molecular weight is 404 g/mol. The number of halogens is 2. The Morgan fingerprint density at radius 3 is 2.68 bits per heavy atom. The van der Waals surface area contributed by atoms with Crippen LogP contribution in [0.1, 0.15) is 16.3 Å². The molecule has 28 heavy (non-hydrogen) atoms. The monoisotopic (exact) mass is 404 g/mol. The molecular formula is C20H18F2N2O3S. The average Bonchev–Trinajstić information content (AvgIpc) is 3.10. The van der Waals surface area contributed by atoms with Crippen molar-refractivity contribution in [1.29, 1.82) is 0 Å². The molecule has 0 saturated heterocycles. The summed E-state index contributed by atoms with van der Waals surface area (Å²) < 4.78 is 35.0. The summed E-state index contributed by atoms with van der Waals surface area (Å²) in [5, 5.41) is 5.09. The molecule has 0 aliphatic rings. The molecule has 0 unspecified atom stereocenters. The lowest BCUT2D eigenvalue weighted by molar-refractivity contribution is -0.115. The smallest absolute Gasteiger partial charge is 0.387 e. The van der Waals surface area contributed by atoms with Gasteiger partial charge in [0.2, 0.25) is 5.91 Å². The van der Waals surface area contributed by atoms with Gasteiger partial charge in [-0.25, -0.2) is 4.98 Å². The number of hydrogen-bond donors (Lipinski definition) is 1. The van der Waals surface area contributed by atoms with Crippen LogP contribution in [0, 0.1) is 6.92 Å². The van der Waals surface area contributed by atoms with E-state index in [2.05, 4.69) is 15.0 Å². The molecule has 3 rings (SSSR count). The molecule has 1 heterocycles. The topological polar surface area (TPSA) is 60.5 Å². The number of aromatic nitrogens is 1. The third-order valence-electron chi connectivity index (χ3n) is 3.70. The number of benzene rings is 2. The lowest BCUT2D eigenvalue weighted by Crippen LogP contribution is -2.16. The molecule has 0 atom stereocenters. The molecule has 0 bridgehead atoms. The summed E-state index contributed by atoms with van der Waals surface area (Å²) in [7, 11) is 0. The fraction of sp³-hybridized carbons (Fsp3) is 0.200. The largest absolute Gasteiger partial charge is 0.486 e. The van der Waals surface area contributed by atoms with Crippen LogP contribution in [0.15, 0.2) is 53.9 Å². The first-order chi connectivity index (χ1) is 13.5. The van der Waals surface area contributed by atoms with E-state index in [-0.39, 0.29) is 23.8 Å². The zero-order chi connectivity index (χ0) is 19.9. The maximum Gasteiger partial charge on any atom is 0.387 e. The Balaban J connectivity index is 1.55. The number of thiazole rings is 1. The van der Waals surface area contributed by atoms with E-state index in [0.29, 0.717) is 12.3 Å². The van der Waals surface area contributed by atoms with Gasteiger partial charge in [-0.2, -0.15) is 8.78 Å². The van der Waals surface area contributed by atoms with Gasteiger partial charge in [0, 0.05) is 5.38 Å². The molecule has 146 valence electrons. The van der Waals surface area contributed by atoms with Gasteiger partial charge in [0.05, 0.1) is 17.8 Å². The van der Waals surface area contributed by atoms with Crippen LogP contribution in [0.25, 0.3) is 0 Å². The second kappa shape index (κ2) is 9.27. The Labute approximate surface area is 164 Å². The molecule has 2 aromatic carbocycles. The zero-order valence-corrected chi connectivity index (χ0v) is 15.8. The van der Waals surface area contributed by atoms with Gasteiger partial charge in [-0.15, -0.1) is 11.3 Å². The van der Waals surface area contributed by atoms with E-state index in [9.17, 15) is 13.6 Å². The summed E-state index contributed by atoms with van der Waals surface area (Å²) in [5.41, 5.74) is 1.92. The molecular weight excluding hydrogens is 386 g/mol. The van der Waals surface area contributed by atoms with Crippen molar-refractivity contribution in [3.8, 4) is 11.5 Å². The second-order valence-corrected chi connectivity index (χ2v) is 6.88. The minimum Gasteiger partial charge on any atom is -0.486 e. The number of ether oxygens (including phenoxy) is 2. The van der Waals surface area contributed by atoms with Crippen molar-refractivity contribution in [2.24, 2.45) is 0 Å². The van der Waals surface area contributed by atoms with Gasteiger partial charge in [-0.1, -0.05) is 29.8 Å². The van der Waals surface area contributed by atoms with Crippen molar-refractivity contribution >= 4 is 22.9 Å². The normalized spacial score (nSPS) is 10.7. The van der Waals surface area contributed by atoms with Crippen LogP contribution in [-0.4, -0.2) is 17.5 Å². The Kier molecular flexibility index (Phi) is 6.54. The van der Waals surface area contributed by atoms with E-state index < -0.39 is 6.61 Å². The van der Waals surface area contributed by atoms with Crippen LogP contribution in [0.3, 0.4) is 0 Å². The first-order valence-corrected chi connectivity index (χ1v) is 9.34. The van der Waals surface area contributed by atoms with Crippen LogP contribution in [0.5, 0.6) is 11.5 Å². The maximum atomic E-state index is 12.4. The molecule has 0 aliphatic heterocycles. The predicted octanol–water partition coefficient (Wildman–Crippen LogP) is 4.81. The fourth-order valence-corrected chi connectivity index (χ4v) is 3.11. The number of para-hydroxylation sites is 2. The van der Waals surface area contributed by atoms with Crippen LogP contribution < -0.4 is 14.8 Å². The van der Waals surface area contributed by atoms with E-state index >= 15 is 0 Å². The van der Waals surface area contributed by atoms with Gasteiger partial charge in [-0.05, 0) is 31.2 Å². The summed E-state index contributed by atoms with van der Waals surface area (Å²) in [6, 6.07) is 13.7. The summed E-state index contributed by atoms with van der Waals surface area (Å²) in [5.74, 6) is 0.286. The molecule has 0 radical (unpaired) electrons. The number of aryl methyl sites for hydroxylation is 1. The number of alkyl halides is 2. The second-order valence-electron chi connectivity index (χ2n) is 5.93. The number of nitrogens with zero attached hydrogens (tertiary/aromatic N) is 1. The molecule has 0 fully saturated rings. The summed E-state index contributed by atoms with van der Waals surface area (Å²) >= 11 is 1.39. The highest BCUT2D eigenvalue weighted by Crippen LogP contribution is 2.25. The van der Waals surface area contributed by atoms with Gasteiger partial charge >= 0.3 is 6.61 Å². The van der Waals surface area contributed by atoms with Crippen LogP contribution in [0.2, 0.25) is 0 Å². The molecule has 8 heteroatoms. The van der Waals surface area contributed by atoms with E-state index in [1.54, 1.807) is 17.5 Å². The molecule has 5 nitrogen and oxygen atoms in total. The van der Waals surface area contributed by atoms with Gasteiger partial charge in [0.1, 0.15) is 23.1 Å². The Bertz CT molecular complexity index is 929. The number of nitrogens with one attached hydrogen (secondary N) is 1. The number of carbonyl (C=O) groups excluding carboxylic acids is 1. The van der Waals surface area contributed by atoms with Gasteiger partial charge < -0.3 is 14.8 Å². The number of rotatable bonds is 8. The SMILES string of the molecule is Cc1ccc(OCc2nc(CC(=O)Nc3ccccc3OC(F)F)cs2)cc1.